The number of anilines is 2. The highest BCUT2D eigenvalue weighted by Gasteiger charge is 2.21. The standard InChI is InChI=1S/C20H15N9O/c1-12(26-18-15(10-22)17(23)24-11-25-18)19-27-28-8-7-13(9-21)16(28)20(30)29(19)14-5-3-2-4-6-14/h2-8,11-12H,1H3,(H3,23,24,25,26)/t12-/m1/s1. The van der Waals surface area contributed by atoms with E-state index in [1.54, 1.807) is 43.5 Å². The Morgan fingerprint density at radius 3 is 2.60 bits per heavy atom. The molecule has 0 aliphatic carbocycles. The van der Waals surface area contributed by atoms with Gasteiger partial charge in [0.25, 0.3) is 5.56 Å². The van der Waals surface area contributed by atoms with E-state index in [-0.39, 0.29) is 33.8 Å². The van der Waals surface area contributed by atoms with Gasteiger partial charge in [0.05, 0.1) is 17.3 Å². The molecule has 0 aliphatic rings. The van der Waals surface area contributed by atoms with Crippen molar-refractivity contribution in [1.29, 1.82) is 10.5 Å². The minimum absolute atomic E-state index is 0.0510. The lowest BCUT2D eigenvalue weighted by Gasteiger charge is -2.20. The van der Waals surface area contributed by atoms with E-state index < -0.39 is 6.04 Å². The third kappa shape index (κ3) is 2.99. The maximum atomic E-state index is 13.3. The van der Waals surface area contributed by atoms with Crippen LogP contribution in [-0.4, -0.2) is 24.1 Å². The van der Waals surface area contributed by atoms with Crippen LogP contribution in [0.2, 0.25) is 0 Å². The van der Waals surface area contributed by atoms with Gasteiger partial charge < -0.3 is 11.1 Å². The Labute approximate surface area is 170 Å². The van der Waals surface area contributed by atoms with Crippen LogP contribution in [0.5, 0.6) is 0 Å². The van der Waals surface area contributed by atoms with Crippen molar-refractivity contribution >= 4 is 17.2 Å². The summed E-state index contributed by atoms with van der Waals surface area (Å²) in [6.07, 6.45) is 2.81. The molecule has 3 N–H and O–H groups in total. The van der Waals surface area contributed by atoms with E-state index in [0.29, 0.717) is 11.5 Å². The molecule has 4 rings (SSSR count). The van der Waals surface area contributed by atoms with Gasteiger partial charge in [-0.05, 0) is 25.1 Å². The first-order chi connectivity index (χ1) is 14.5. The Hall–Kier alpha value is -4.70. The second kappa shape index (κ2) is 7.37. The molecule has 0 spiro atoms. The van der Waals surface area contributed by atoms with Gasteiger partial charge >= 0.3 is 0 Å². The monoisotopic (exact) mass is 397 g/mol. The van der Waals surface area contributed by atoms with Crippen molar-refractivity contribution in [3.8, 4) is 17.8 Å². The minimum Gasteiger partial charge on any atom is -0.382 e. The van der Waals surface area contributed by atoms with Gasteiger partial charge in [-0.25, -0.2) is 14.5 Å². The van der Waals surface area contributed by atoms with Crippen LogP contribution >= 0.6 is 0 Å². The van der Waals surface area contributed by atoms with Crippen LogP contribution in [0.3, 0.4) is 0 Å². The van der Waals surface area contributed by atoms with Gasteiger partial charge in [-0.1, -0.05) is 18.2 Å². The first-order valence-electron chi connectivity index (χ1n) is 8.92. The molecule has 1 atom stereocenters. The van der Waals surface area contributed by atoms with Gasteiger partial charge in [-0.3, -0.25) is 9.36 Å². The molecule has 10 heteroatoms. The Morgan fingerprint density at radius 1 is 1.13 bits per heavy atom. The average molecular weight is 397 g/mol. The summed E-state index contributed by atoms with van der Waals surface area (Å²) in [4.78, 5) is 21.3. The molecule has 146 valence electrons. The van der Waals surface area contributed by atoms with Gasteiger partial charge in [0.2, 0.25) is 0 Å². The van der Waals surface area contributed by atoms with Crippen molar-refractivity contribution in [3.63, 3.8) is 0 Å². The summed E-state index contributed by atoms with van der Waals surface area (Å²) >= 11 is 0. The van der Waals surface area contributed by atoms with Gasteiger partial charge in [0.1, 0.15) is 41.2 Å². The fraction of sp³-hybridized carbons (Fsp3) is 0.100. The molecule has 0 saturated carbocycles. The zero-order valence-corrected chi connectivity index (χ0v) is 15.8. The number of benzene rings is 1. The number of aromatic nitrogens is 5. The number of nitrogens with one attached hydrogen (secondary N) is 1. The van der Waals surface area contributed by atoms with E-state index in [1.807, 2.05) is 18.2 Å². The molecular weight excluding hydrogens is 382 g/mol. The Kier molecular flexibility index (Phi) is 4.58. The Balaban J connectivity index is 1.93. The van der Waals surface area contributed by atoms with Crippen molar-refractivity contribution in [3.05, 3.63) is 76.2 Å². The molecule has 0 aliphatic heterocycles. The summed E-state index contributed by atoms with van der Waals surface area (Å²) in [6, 6.07) is 14.0. The number of hydrogen-bond donors (Lipinski definition) is 2. The Morgan fingerprint density at radius 2 is 1.90 bits per heavy atom. The molecule has 3 aromatic heterocycles. The predicted molar refractivity (Wildman–Crippen MR) is 109 cm³/mol. The highest BCUT2D eigenvalue weighted by molar-refractivity contribution is 5.63. The van der Waals surface area contributed by atoms with Gasteiger partial charge in [-0.15, -0.1) is 0 Å². The number of hydrogen-bond acceptors (Lipinski definition) is 8. The number of nitrogen functional groups attached to an aromatic ring is 1. The van der Waals surface area contributed by atoms with Crippen molar-refractivity contribution in [2.75, 3.05) is 11.1 Å². The molecule has 4 aromatic rings. The SMILES string of the molecule is C[C@@H](Nc1ncnc(N)c1C#N)c1nn2ccc(C#N)c2c(=O)n1-c1ccccc1. The van der Waals surface area contributed by atoms with E-state index in [4.69, 9.17) is 5.73 Å². The lowest BCUT2D eigenvalue weighted by atomic mass is 10.2. The number of para-hydroxylation sites is 1. The minimum atomic E-state index is -0.545. The molecule has 0 unspecified atom stereocenters. The zero-order valence-electron chi connectivity index (χ0n) is 15.8. The quantitative estimate of drug-likeness (QED) is 0.529. The summed E-state index contributed by atoms with van der Waals surface area (Å²) in [7, 11) is 0. The van der Waals surface area contributed by atoms with Crippen LogP contribution in [0.25, 0.3) is 11.2 Å². The van der Waals surface area contributed by atoms with Crippen LogP contribution < -0.4 is 16.6 Å². The second-order valence-electron chi connectivity index (χ2n) is 6.43. The number of nitrogens with two attached hydrogens (primary N) is 1. The normalized spacial score (nSPS) is 11.6. The van der Waals surface area contributed by atoms with Crippen LogP contribution in [0, 0.1) is 22.7 Å². The number of rotatable bonds is 4. The van der Waals surface area contributed by atoms with E-state index in [9.17, 15) is 15.3 Å². The fourth-order valence-corrected chi connectivity index (χ4v) is 3.17. The number of nitrogens with zero attached hydrogens (tertiary/aromatic N) is 7. The topological polar surface area (TPSA) is 151 Å². The maximum Gasteiger partial charge on any atom is 0.283 e. The maximum absolute atomic E-state index is 13.3. The van der Waals surface area contributed by atoms with Crippen LogP contribution in [-0.2, 0) is 0 Å². The summed E-state index contributed by atoms with van der Waals surface area (Å²) in [6.45, 7) is 1.78. The molecule has 1 aromatic carbocycles. The lowest BCUT2D eigenvalue weighted by Crippen LogP contribution is -2.29. The molecule has 0 fully saturated rings. The smallest absolute Gasteiger partial charge is 0.283 e. The number of nitriles is 2. The predicted octanol–water partition coefficient (Wildman–Crippen LogP) is 1.77. The van der Waals surface area contributed by atoms with Gasteiger partial charge in [0, 0.05) is 6.20 Å². The summed E-state index contributed by atoms with van der Waals surface area (Å²) in [5.74, 6) is 0.645. The van der Waals surface area contributed by atoms with Gasteiger partial charge in [-0.2, -0.15) is 15.6 Å². The van der Waals surface area contributed by atoms with Crippen molar-refractivity contribution in [2.45, 2.75) is 13.0 Å². The number of fused-ring (bicyclic) bond motifs is 1. The highest BCUT2D eigenvalue weighted by Crippen LogP contribution is 2.23. The van der Waals surface area contributed by atoms with E-state index in [0.717, 1.165) is 0 Å². The fourth-order valence-electron chi connectivity index (χ4n) is 3.17. The second-order valence-corrected chi connectivity index (χ2v) is 6.43. The molecule has 30 heavy (non-hydrogen) atoms. The van der Waals surface area contributed by atoms with E-state index in [2.05, 4.69) is 20.4 Å². The van der Waals surface area contributed by atoms with Gasteiger partial charge in [0.15, 0.2) is 5.82 Å². The van der Waals surface area contributed by atoms with Crippen molar-refractivity contribution in [1.82, 2.24) is 24.1 Å². The van der Waals surface area contributed by atoms with E-state index >= 15 is 0 Å². The van der Waals surface area contributed by atoms with E-state index in [1.165, 1.54) is 15.4 Å². The molecule has 0 amide bonds. The Bertz CT molecular complexity index is 1390. The molecule has 0 bridgehead atoms. The zero-order chi connectivity index (χ0) is 21.3. The summed E-state index contributed by atoms with van der Waals surface area (Å²) < 4.78 is 2.82. The molecule has 0 radical (unpaired) electrons. The van der Waals surface area contributed by atoms with Crippen molar-refractivity contribution in [2.24, 2.45) is 0 Å². The van der Waals surface area contributed by atoms with Crippen molar-refractivity contribution < 1.29 is 0 Å². The summed E-state index contributed by atoms with van der Waals surface area (Å²) in [5, 5.41) is 26.4. The third-order valence-corrected chi connectivity index (χ3v) is 4.58. The highest BCUT2D eigenvalue weighted by atomic mass is 16.1. The van der Waals surface area contributed by atoms with Crippen LogP contribution in [0.1, 0.15) is 29.9 Å². The van der Waals surface area contributed by atoms with Crippen LogP contribution in [0.4, 0.5) is 11.6 Å². The van der Waals surface area contributed by atoms with Crippen LogP contribution in [0.15, 0.2) is 53.7 Å². The average Bonchev–Trinajstić information content (AvgIpc) is 3.18. The largest absolute Gasteiger partial charge is 0.382 e. The molecule has 3 heterocycles. The molecular formula is C20H15N9O. The first-order valence-corrected chi connectivity index (χ1v) is 8.92. The molecule has 10 nitrogen and oxygen atoms in total. The first kappa shape index (κ1) is 18.7. The summed E-state index contributed by atoms with van der Waals surface area (Å²) in [5.41, 5.74) is 6.49. The lowest BCUT2D eigenvalue weighted by molar-refractivity contribution is 0.672. The molecule has 0 saturated heterocycles. The third-order valence-electron chi connectivity index (χ3n) is 4.58.